The molecule has 3 nitrogen and oxygen atoms in total. The average Bonchev–Trinajstić information content (AvgIpc) is 2.93. The number of benzene rings is 2. The van der Waals surface area contributed by atoms with E-state index in [4.69, 9.17) is 9.47 Å². The molecule has 0 aromatic heterocycles. The fourth-order valence-electron chi connectivity index (χ4n) is 2.42. The summed E-state index contributed by atoms with van der Waals surface area (Å²) < 4.78 is 10.9. The molecular formula is C18H21NO2. The van der Waals surface area contributed by atoms with Gasteiger partial charge in [-0.1, -0.05) is 45.0 Å². The lowest BCUT2D eigenvalue weighted by Gasteiger charge is -2.19. The summed E-state index contributed by atoms with van der Waals surface area (Å²) in [5.74, 6) is 1.69. The van der Waals surface area contributed by atoms with Gasteiger partial charge in [-0.2, -0.15) is 0 Å². The molecule has 0 spiro atoms. The Kier molecular flexibility index (Phi) is 3.50. The van der Waals surface area contributed by atoms with Crippen molar-refractivity contribution in [1.29, 1.82) is 0 Å². The molecule has 2 aromatic rings. The monoisotopic (exact) mass is 283 g/mol. The first-order chi connectivity index (χ1) is 10.0. The third-order valence-corrected chi connectivity index (χ3v) is 3.71. The van der Waals surface area contributed by atoms with Gasteiger partial charge in [-0.15, -0.1) is 0 Å². The number of anilines is 1. The SMILES string of the molecule is CC(C)(C)c1ccc(NCc2cccc3c2OCO3)cc1. The molecule has 0 amide bonds. The predicted molar refractivity (Wildman–Crippen MR) is 85.0 cm³/mol. The fourth-order valence-corrected chi connectivity index (χ4v) is 2.42. The standard InChI is InChI=1S/C18H21NO2/c1-18(2,3)14-7-9-15(10-8-14)19-11-13-5-4-6-16-17(13)21-12-20-16/h4-10,19H,11-12H2,1-3H3. The van der Waals surface area contributed by atoms with Crippen LogP contribution < -0.4 is 14.8 Å². The molecule has 0 saturated heterocycles. The molecule has 0 fully saturated rings. The highest BCUT2D eigenvalue weighted by Crippen LogP contribution is 2.35. The van der Waals surface area contributed by atoms with E-state index in [2.05, 4.69) is 56.4 Å². The van der Waals surface area contributed by atoms with Crippen molar-refractivity contribution in [3.05, 3.63) is 53.6 Å². The molecule has 1 aliphatic rings. The van der Waals surface area contributed by atoms with Gasteiger partial charge >= 0.3 is 0 Å². The van der Waals surface area contributed by atoms with Gasteiger partial charge in [0.1, 0.15) is 0 Å². The number of hydrogen-bond acceptors (Lipinski definition) is 3. The van der Waals surface area contributed by atoms with Crippen molar-refractivity contribution in [2.45, 2.75) is 32.7 Å². The molecule has 0 unspecified atom stereocenters. The lowest BCUT2D eigenvalue weighted by Crippen LogP contribution is -2.10. The van der Waals surface area contributed by atoms with Gasteiger partial charge in [0.25, 0.3) is 0 Å². The van der Waals surface area contributed by atoms with Crippen LogP contribution in [0.2, 0.25) is 0 Å². The number of fused-ring (bicyclic) bond motifs is 1. The molecule has 110 valence electrons. The Labute approximate surface area is 125 Å². The van der Waals surface area contributed by atoms with Crippen molar-refractivity contribution >= 4 is 5.69 Å². The maximum absolute atomic E-state index is 5.52. The van der Waals surface area contributed by atoms with E-state index in [1.807, 2.05) is 12.1 Å². The molecule has 0 radical (unpaired) electrons. The molecule has 2 aromatic carbocycles. The van der Waals surface area contributed by atoms with Crippen LogP contribution in [0.15, 0.2) is 42.5 Å². The summed E-state index contributed by atoms with van der Waals surface area (Å²) >= 11 is 0. The quantitative estimate of drug-likeness (QED) is 0.909. The maximum Gasteiger partial charge on any atom is 0.231 e. The fraction of sp³-hybridized carbons (Fsp3) is 0.333. The van der Waals surface area contributed by atoms with Gasteiger partial charge in [0.2, 0.25) is 6.79 Å². The summed E-state index contributed by atoms with van der Waals surface area (Å²) in [4.78, 5) is 0. The van der Waals surface area contributed by atoms with E-state index >= 15 is 0 Å². The third-order valence-electron chi connectivity index (χ3n) is 3.71. The summed E-state index contributed by atoms with van der Waals surface area (Å²) in [5.41, 5.74) is 3.75. The third kappa shape index (κ3) is 2.97. The van der Waals surface area contributed by atoms with Crippen molar-refractivity contribution in [2.24, 2.45) is 0 Å². The van der Waals surface area contributed by atoms with Crippen molar-refractivity contribution in [3.63, 3.8) is 0 Å². The second-order valence-corrected chi connectivity index (χ2v) is 6.33. The molecule has 0 saturated carbocycles. The number of nitrogens with one attached hydrogen (secondary N) is 1. The second-order valence-electron chi connectivity index (χ2n) is 6.33. The summed E-state index contributed by atoms with van der Waals surface area (Å²) in [6.07, 6.45) is 0. The van der Waals surface area contributed by atoms with Crippen LogP contribution in [0.25, 0.3) is 0 Å². The lowest BCUT2D eigenvalue weighted by atomic mass is 9.87. The second kappa shape index (κ2) is 5.32. The molecule has 0 atom stereocenters. The predicted octanol–water partition coefficient (Wildman–Crippen LogP) is 4.32. The van der Waals surface area contributed by atoms with Crippen LogP contribution in [0.1, 0.15) is 31.9 Å². The minimum absolute atomic E-state index is 0.184. The zero-order valence-electron chi connectivity index (χ0n) is 12.8. The molecule has 1 aliphatic heterocycles. The van der Waals surface area contributed by atoms with Gasteiger partial charge in [0.15, 0.2) is 11.5 Å². The number of para-hydroxylation sites is 1. The Balaban J connectivity index is 1.70. The van der Waals surface area contributed by atoms with E-state index in [1.54, 1.807) is 0 Å². The van der Waals surface area contributed by atoms with Crippen LogP contribution in [0.5, 0.6) is 11.5 Å². The Bertz CT molecular complexity index is 627. The minimum atomic E-state index is 0.184. The van der Waals surface area contributed by atoms with Crippen LogP contribution in [0.3, 0.4) is 0 Å². The largest absolute Gasteiger partial charge is 0.454 e. The minimum Gasteiger partial charge on any atom is -0.454 e. The normalized spacial score (nSPS) is 13.3. The summed E-state index contributed by atoms with van der Waals surface area (Å²) in [6, 6.07) is 14.6. The zero-order chi connectivity index (χ0) is 14.9. The Morgan fingerprint density at radius 2 is 1.76 bits per heavy atom. The van der Waals surface area contributed by atoms with Crippen LogP contribution in [0, 0.1) is 0 Å². The molecular weight excluding hydrogens is 262 g/mol. The first-order valence-corrected chi connectivity index (χ1v) is 7.26. The number of hydrogen-bond donors (Lipinski definition) is 1. The smallest absolute Gasteiger partial charge is 0.231 e. The van der Waals surface area contributed by atoms with Crippen molar-refractivity contribution < 1.29 is 9.47 Å². The first kappa shape index (κ1) is 13.8. The summed E-state index contributed by atoms with van der Waals surface area (Å²) in [7, 11) is 0. The van der Waals surface area contributed by atoms with Crippen LogP contribution in [-0.2, 0) is 12.0 Å². The first-order valence-electron chi connectivity index (χ1n) is 7.26. The molecule has 1 N–H and O–H groups in total. The molecule has 0 bridgehead atoms. The van der Waals surface area contributed by atoms with E-state index in [1.165, 1.54) is 5.56 Å². The van der Waals surface area contributed by atoms with E-state index in [0.29, 0.717) is 6.79 Å². The zero-order valence-corrected chi connectivity index (χ0v) is 12.8. The van der Waals surface area contributed by atoms with Gasteiger partial charge in [0, 0.05) is 17.8 Å². The Morgan fingerprint density at radius 1 is 1.00 bits per heavy atom. The topological polar surface area (TPSA) is 30.5 Å². The van der Waals surface area contributed by atoms with E-state index < -0.39 is 0 Å². The van der Waals surface area contributed by atoms with Gasteiger partial charge < -0.3 is 14.8 Å². The highest BCUT2D eigenvalue weighted by Gasteiger charge is 2.17. The van der Waals surface area contributed by atoms with Crippen molar-refractivity contribution in [3.8, 4) is 11.5 Å². The van der Waals surface area contributed by atoms with Gasteiger partial charge in [-0.3, -0.25) is 0 Å². The van der Waals surface area contributed by atoms with E-state index in [0.717, 1.165) is 29.3 Å². The molecule has 3 heteroatoms. The van der Waals surface area contributed by atoms with Gasteiger partial charge in [-0.05, 0) is 29.2 Å². The van der Waals surface area contributed by atoms with Gasteiger partial charge in [0.05, 0.1) is 0 Å². The van der Waals surface area contributed by atoms with E-state index in [-0.39, 0.29) is 5.41 Å². The van der Waals surface area contributed by atoms with Crippen LogP contribution in [0.4, 0.5) is 5.69 Å². The maximum atomic E-state index is 5.52. The summed E-state index contributed by atoms with van der Waals surface area (Å²) in [5, 5.41) is 3.43. The molecule has 3 rings (SSSR count). The Morgan fingerprint density at radius 3 is 2.48 bits per heavy atom. The lowest BCUT2D eigenvalue weighted by molar-refractivity contribution is 0.173. The number of ether oxygens (including phenoxy) is 2. The average molecular weight is 283 g/mol. The van der Waals surface area contributed by atoms with Gasteiger partial charge in [-0.25, -0.2) is 0 Å². The van der Waals surface area contributed by atoms with Crippen LogP contribution in [-0.4, -0.2) is 6.79 Å². The van der Waals surface area contributed by atoms with Crippen molar-refractivity contribution in [1.82, 2.24) is 0 Å². The molecule has 1 heterocycles. The molecule has 21 heavy (non-hydrogen) atoms. The van der Waals surface area contributed by atoms with Crippen LogP contribution >= 0.6 is 0 Å². The highest BCUT2D eigenvalue weighted by atomic mass is 16.7. The van der Waals surface area contributed by atoms with Crippen molar-refractivity contribution in [2.75, 3.05) is 12.1 Å². The van der Waals surface area contributed by atoms with E-state index in [9.17, 15) is 0 Å². The highest BCUT2D eigenvalue weighted by molar-refractivity contribution is 5.51. The summed E-state index contributed by atoms with van der Waals surface area (Å²) in [6.45, 7) is 7.70. The Hall–Kier alpha value is -2.16. The molecule has 0 aliphatic carbocycles. The number of rotatable bonds is 3.